The first kappa shape index (κ1) is 33.3. The van der Waals surface area contributed by atoms with E-state index < -0.39 is 11.8 Å². The average molecular weight is 586 g/mol. The minimum atomic E-state index is -0.426. The van der Waals surface area contributed by atoms with Crippen molar-refractivity contribution in [1.29, 1.82) is 0 Å². The molecule has 2 aromatic heterocycles. The molecule has 193 valence electrons. The van der Waals surface area contributed by atoms with Crippen LogP contribution in [0, 0.1) is 0 Å². The van der Waals surface area contributed by atoms with E-state index in [2.05, 4.69) is 20.4 Å². The second-order valence-corrected chi connectivity index (χ2v) is 7.22. The third kappa shape index (κ3) is 11.7. The van der Waals surface area contributed by atoms with Gasteiger partial charge in [0.1, 0.15) is 11.5 Å². The molecule has 37 heavy (non-hydrogen) atoms. The van der Waals surface area contributed by atoms with Gasteiger partial charge in [0.05, 0.1) is 25.0 Å². The van der Waals surface area contributed by atoms with Crippen molar-refractivity contribution in [1.82, 2.24) is 0 Å². The Morgan fingerprint density at radius 2 is 0.973 bits per heavy atom. The van der Waals surface area contributed by atoms with Crippen molar-refractivity contribution in [2.45, 2.75) is 0 Å². The summed E-state index contributed by atoms with van der Waals surface area (Å²) >= 11 is 11.4. The smallest absolute Gasteiger partial charge is 0.857 e. The van der Waals surface area contributed by atoms with E-state index in [1.807, 2.05) is 0 Å². The number of hydrogen-bond acceptors (Lipinski definition) is 8. The molecule has 2 aromatic carbocycles. The molecular formula is C24H20Cl2MnN4O6. The number of rotatable bonds is 6. The molecule has 0 amide bonds. The minimum Gasteiger partial charge on any atom is -0.857 e. The van der Waals surface area contributed by atoms with Gasteiger partial charge in [-0.25, -0.2) is 0 Å². The number of halogens is 2. The van der Waals surface area contributed by atoms with Gasteiger partial charge in [0.2, 0.25) is 0 Å². The van der Waals surface area contributed by atoms with E-state index in [1.165, 1.54) is 25.0 Å². The fourth-order valence-corrected chi connectivity index (χ4v) is 2.56. The molecule has 0 aliphatic carbocycles. The Bertz CT molecular complexity index is 1170. The van der Waals surface area contributed by atoms with Crippen LogP contribution in [-0.4, -0.2) is 35.2 Å². The van der Waals surface area contributed by atoms with Crippen LogP contribution in [0.25, 0.3) is 0 Å². The fraction of sp³-hybridized carbons (Fsp3) is 0. The molecule has 1 radical (unpaired) electrons. The maximum absolute atomic E-state index is 11.5. The molecule has 0 saturated heterocycles. The van der Waals surface area contributed by atoms with E-state index in [1.54, 1.807) is 72.8 Å². The molecule has 4 aromatic rings. The largest absolute Gasteiger partial charge is 2.00 e. The Hall–Kier alpha value is -3.70. The summed E-state index contributed by atoms with van der Waals surface area (Å²) in [5.74, 6) is 0.226. The predicted molar refractivity (Wildman–Crippen MR) is 136 cm³/mol. The molecule has 0 atom stereocenters. The molecule has 0 bridgehead atoms. The first-order valence-electron chi connectivity index (χ1n) is 9.66. The van der Waals surface area contributed by atoms with Gasteiger partial charge < -0.3 is 30.0 Å². The third-order valence-electron chi connectivity index (χ3n) is 3.94. The number of furan rings is 2. The summed E-state index contributed by atoms with van der Waals surface area (Å²) in [5, 5.41) is 38.5. The maximum Gasteiger partial charge on any atom is 2.00 e. The van der Waals surface area contributed by atoms with Crippen molar-refractivity contribution in [2.24, 2.45) is 20.4 Å². The van der Waals surface area contributed by atoms with Crippen molar-refractivity contribution in [3.63, 3.8) is 0 Å². The van der Waals surface area contributed by atoms with Gasteiger partial charge in [0, 0.05) is 21.8 Å². The van der Waals surface area contributed by atoms with Crippen molar-refractivity contribution in [3.8, 4) is 0 Å². The predicted octanol–water partition coefficient (Wildman–Crippen LogP) is 2.50. The van der Waals surface area contributed by atoms with Crippen molar-refractivity contribution >= 4 is 47.4 Å². The molecule has 4 rings (SSSR count). The van der Waals surface area contributed by atoms with E-state index in [0.717, 1.165) is 0 Å². The SMILES string of the molecule is O.O.[Mn+2].[O-]/C(=N\N=C/c1ccco1)c1ccc(Cl)cc1.[O-]/C(=N\N=C/c1ccco1)c1ccc(Cl)cc1. The molecule has 0 unspecified atom stereocenters. The number of nitrogens with zero attached hydrogens (tertiary/aromatic N) is 4. The van der Waals surface area contributed by atoms with Gasteiger partial charge in [-0.1, -0.05) is 47.5 Å². The van der Waals surface area contributed by atoms with Crippen molar-refractivity contribution < 1.29 is 47.1 Å². The summed E-state index contributed by atoms with van der Waals surface area (Å²) in [6.07, 6.45) is 5.77. The summed E-state index contributed by atoms with van der Waals surface area (Å²) in [4.78, 5) is 0. The summed E-state index contributed by atoms with van der Waals surface area (Å²) in [7, 11) is 0. The zero-order valence-electron chi connectivity index (χ0n) is 18.8. The summed E-state index contributed by atoms with van der Waals surface area (Å²) in [6, 6.07) is 19.8. The first-order chi connectivity index (χ1) is 16.5. The van der Waals surface area contributed by atoms with Crippen LogP contribution >= 0.6 is 23.2 Å². The summed E-state index contributed by atoms with van der Waals surface area (Å²) in [5.41, 5.74) is 0.872. The maximum atomic E-state index is 11.5. The molecule has 4 N–H and O–H groups in total. The normalized spacial score (nSPS) is 11.2. The molecule has 0 aliphatic rings. The van der Waals surface area contributed by atoms with Gasteiger partial charge in [0.25, 0.3) is 0 Å². The van der Waals surface area contributed by atoms with Gasteiger partial charge >= 0.3 is 17.1 Å². The van der Waals surface area contributed by atoms with Gasteiger partial charge in [-0.15, -0.1) is 0 Å². The quantitative estimate of drug-likeness (QED) is 0.146. The Balaban J connectivity index is 0.000000648. The average Bonchev–Trinajstić information content (AvgIpc) is 3.55. The Morgan fingerprint density at radius 3 is 1.27 bits per heavy atom. The first-order valence-corrected chi connectivity index (χ1v) is 10.4. The number of benzene rings is 2. The molecule has 0 saturated carbocycles. The zero-order chi connectivity index (χ0) is 24.2. The van der Waals surface area contributed by atoms with Gasteiger partial charge in [-0.2, -0.15) is 20.4 Å². The molecule has 0 aliphatic heterocycles. The zero-order valence-corrected chi connectivity index (χ0v) is 21.5. The minimum absolute atomic E-state index is 0. The Kier molecular flexibility index (Phi) is 15.9. The van der Waals surface area contributed by atoms with Crippen LogP contribution < -0.4 is 10.2 Å². The van der Waals surface area contributed by atoms with E-state index >= 15 is 0 Å². The van der Waals surface area contributed by atoms with E-state index in [-0.39, 0.29) is 28.0 Å². The Morgan fingerprint density at radius 1 is 0.622 bits per heavy atom. The van der Waals surface area contributed by atoms with Crippen molar-refractivity contribution in [2.75, 3.05) is 0 Å². The molecule has 0 fully saturated rings. The van der Waals surface area contributed by atoms with Crippen molar-refractivity contribution in [3.05, 3.63) is 118 Å². The van der Waals surface area contributed by atoms with Gasteiger partial charge in [-0.05, 0) is 59.7 Å². The number of hydrogen-bond donors (Lipinski definition) is 0. The van der Waals surface area contributed by atoms with Crippen LogP contribution in [0.2, 0.25) is 10.0 Å². The van der Waals surface area contributed by atoms with Crippen LogP contribution in [0.4, 0.5) is 0 Å². The fourth-order valence-electron chi connectivity index (χ4n) is 2.31. The topological polar surface area (TPSA) is 185 Å². The monoisotopic (exact) mass is 585 g/mol. The third-order valence-corrected chi connectivity index (χ3v) is 4.44. The second-order valence-electron chi connectivity index (χ2n) is 6.34. The molecular weight excluding hydrogens is 566 g/mol. The standard InChI is InChI=1S/2C12H9ClN2O2.Mn.2H2O/c2*13-10-5-3-9(4-6-10)12(16)15-14-8-11-2-1-7-17-11;;;/h2*1-8H,(H,15,16);;2*1H2/q;;+2;;/p-2/b2*14-8-;;;. The van der Waals surface area contributed by atoms with Crippen LogP contribution in [-0.2, 0) is 17.1 Å². The summed E-state index contributed by atoms with van der Waals surface area (Å²) in [6.45, 7) is 0. The van der Waals surface area contributed by atoms with E-state index in [4.69, 9.17) is 32.0 Å². The van der Waals surface area contributed by atoms with Crippen LogP contribution in [0.15, 0.2) is 115 Å². The van der Waals surface area contributed by atoms with Crippen LogP contribution in [0.1, 0.15) is 22.6 Å². The Labute approximate surface area is 232 Å². The van der Waals surface area contributed by atoms with Crippen LogP contribution in [0.5, 0.6) is 0 Å². The summed E-state index contributed by atoms with van der Waals surface area (Å²) < 4.78 is 10.00. The van der Waals surface area contributed by atoms with E-state index in [0.29, 0.717) is 32.7 Å². The molecule has 2 heterocycles. The molecule has 13 heteroatoms. The van der Waals surface area contributed by atoms with Crippen LogP contribution in [0.3, 0.4) is 0 Å². The van der Waals surface area contributed by atoms with Gasteiger partial charge in [0.15, 0.2) is 0 Å². The van der Waals surface area contributed by atoms with Gasteiger partial charge in [-0.3, -0.25) is 0 Å². The molecule has 0 spiro atoms. The second kappa shape index (κ2) is 17.7. The van der Waals surface area contributed by atoms with E-state index in [9.17, 15) is 10.2 Å². The molecule has 10 nitrogen and oxygen atoms in total.